The van der Waals surface area contributed by atoms with Gasteiger partial charge in [0.25, 0.3) is 6.43 Å². The van der Waals surface area contributed by atoms with Crippen molar-refractivity contribution < 1.29 is 17.9 Å². The molecule has 0 heterocycles. The molecule has 0 aliphatic heterocycles. The van der Waals surface area contributed by atoms with Crippen molar-refractivity contribution in [1.82, 2.24) is 0 Å². The molecule has 0 fully saturated rings. The number of halogens is 5. The molecule has 0 saturated heterocycles. The molecule has 0 N–H and O–H groups in total. The summed E-state index contributed by atoms with van der Waals surface area (Å²) in [6.45, 7) is -0.882. The Morgan fingerprint density at radius 3 is 2.64 bits per heavy atom. The Kier molecular flexibility index (Phi) is 4.07. The van der Waals surface area contributed by atoms with E-state index in [0.29, 0.717) is 4.47 Å². The Morgan fingerprint density at radius 2 is 2.07 bits per heavy atom. The molecule has 1 nitrogen and oxygen atoms in total. The van der Waals surface area contributed by atoms with Crippen molar-refractivity contribution in [3.8, 4) is 5.75 Å². The summed E-state index contributed by atoms with van der Waals surface area (Å²) in [6.07, 6.45) is -2.66. The largest absolute Gasteiger partial charge is 0.483 e. The molecule has 14 heavy (non-hydrogen) atoms. The minimum atomic E-state index is -2.66. The van der Waals surface area contributed by atoms with Gasteiger partial charge in [-0.25, -0.2) is 13.2 Å². The zero-order valence-corrected chi connectivity index (χ0v) is 9.08. The van der Waals surface area contributed by atoms with Crippen LogP contribution in [0.2, 0.25) is 5.02 Å². The predicted octanol–water partition coefficient (Wildman–Crippen LogP) is 3.89. The van der Waals surface area contributed by atoms with Crippen molar-refractivity contribution in [2.75, 3.05) is 6.61 Å². The van der Waals surface area contributed by atoms with Crippen LogP contribution in [0.4, 0.5) is 13.2 Å². The van der Waals surface area contributed by atoms with Crippen LogP contribution in [-0.4, -0.2) is 13.0 Å². The van der Waals surface area contributed by atoms with Crippen LogP contribution in [-0.2, 0) is 0 Å². The van der Waals surface area contributed by atoms with Gasteiger partial charge in [-0.05, 0) is 28.1 Å². The molecule has 0 atom stereocenters. The van der Waals surface area contributed by atoms with Crippen LogP contribution in [0.5, 0.6) is 5.75 Å². The third-order valence-corrected chi connectivity index (χ3v) is 2.62. The van der Waals surface area contributed by atoms with Crippen molar-refractivity contribution >= 4 is 27.5 Å². The monoisotopic (exact) mass is 288 g/mol. The average Bonchev–Trinajstić information content (AvgIpc) is 2.11. The smallest absolute Gasteiger partial charge is 0.272 e. The summed E-state index contributed by atoms with van der Waals surface area (Å²) in [5.74, 6) is -1.12. The van der Waals surface area contributed by atoms with E-state index in [1.54, 1.807) is 0 Å². The van der Waals surface area contributed by atoms with Crippen molar-refractivity contribution in [3.63, 3.8) is 0 Å². The van der Waals surface area contributed by atoms with Gasteiger partial charge in [0.1, 0.15) is 6.61 Å². The Balaban J connectivity index is 2.89. The molecular formula is C8H5BrClF3O. The molecule has 78 valence electrons. The summed E-state index contributed by atoms with van der Waals surface area (Å²) < 4.78 is 41.5. The summed E-state index contributed by atoms with van der Waals surface area (Å²) in [4.78, 5) is 0. The first-order valence-corrected chi connectivity index (χ1v) is 4.74. The van der Waals surface area contributed by atoms with Gasteiger partial charge < -0.3 is 4.74 Å². The Morgan fingerprint density at radius 1 is 1.43 bits per heavy atom. The zero-order chi connectivity index (χ0) is 10.7. The van der Waals surface area contributed by atoms with Gasteiger partial charge in [0.15, 0.2) is 11.6 Å². The van der Waals surface area contributed by atoms with Crippen LogP contribution >= 0.6 is 27.5 Å². The maximum atomic E-state index is 13.0. The van der Waals surface area contributed by atoms with Crippen LogP contribution in [0.3, 0.4) is 0 Å². The summed E-state index contributed by atoms with van der Waals surface area (Å²) in [5.41, 5.74) is 0. The molecular weight excluding hydrogens is 284 g/mol. The standard InChI is InChI=1S/C8H5BrClF3O/c9-4-1-2-5(11)8(7(4)10)14-3-6(12)13/h1-2,6H,3H2. The van der Waals surface area contributed by atoms with Gasteiger partial charge in [-0.15, -0.1) is 0 Å². The second-order valence-electron chi connectivity index (χ2n) is 2.37. The lowest BCUT2D eigenvalue weighted by Gasteiger charge is -2.09. The SMILES string of the molecule is Fc1ccc(Br)c(Cl)c1OCC(F)F. The Hall–Kier alpha value is -0.420. The normalized spacial score (nSPS) is 10.7. The molecule has 0 aliphatic carbocycles. The lowest BCUT2D eigenvalue weighted by atomic mass is 10.3. The van der Waals surface area contributed by atoms with Crippen molar-refractivity contribution in [3.05, 3.63) is 27.4 Å². The number of rotatable bonds is 3. The first kappa shape index (κ1) is 11.7. The highest BCUT2D eigenvalue weighted by molar-refractivity contribution is 9.10. The molecule has 0 unspecified atom stereocenters. The Labute approximate surface area is 91.9 Å². The van der Waals surface area contributed by atoms with E-state index in [0.717, 1.165) is 6.07 Å². The topological polar surface area (TPSA) is 9.23 Å². The minimum absolute atomic E-state index is 0.0503. The molecule has 6 heteroatoms. The van der Waals surface area contributed by atoms with E-state index in [2.05, 4.69) is 20.7 Å². The van der Waals surface area contributed by atoms with Gasteiger partial charge in [0, 0.05) is 4.47 Å². The van der Waals surface area contributed by atoms with E-state index in [1.165, 1.54) is 6.07 Å². The lowest BCUT2D eigenvalue weighted by molar-refractivity contribution is 0.0799. The second-order valence-corrected chi connectivity index (χ2v) is 3.61. The quantitative estimate of drug-likeness (QED) is 0.767. The molecule has 1 rings (SSSR count). The highest BCUT2D eigenvalue weighted by atomic mass is 79.9. The van der Waals surface area contributed by atoms with Crippen LogP contribution in [0.15, 0.2) is 16.6 Å². The van der Waals surface area contributed by atoms with Crippen molar-refractivity contribution in [1.29, 1.82) is 0 Å². The van der Waals surface area contributed by atoms with Crippen LogP contribution in [0.1, 0.15) is 0 Å². The van der Waals surface area contributed by atoms with Gasteiger partial charge in [-0.3, -0.25) is 0 Å². The van der Waals surface area contributed by atoms with Gasteiger partial charge in [-0.1, -0.05) is 11.6 Å². The molecule has 0 amide bonds. The second kappa shape index (κ2) is 4.89. The van der Waals surface area contributed by atoms with E-state index in [9.17, 15) is 13.2 Å². The van der Waals surface area contributed by atoms with Crippen molar-refractivity contribution in [2.45, 2.75) is 6.43 Å². The van der Waals surface area contributed by atoms with Crippen LogP contribution < -0.4 is 4.74 Å². The number of hydrogen-bond donors (Lipinski definition) is 0. The highest BCUT2D eigenvalue weighted by Gasteiger charge is 2.13. The number of benzene rings is 1. The van der Waals surface area contributed by atoms with E-state index in [1.807, 2.05) is 0 Å². The fourth-order valence-electron chi connectivity index (χ4n) is 0.787. The first-order valence-electron chi connectivity index (χ1n) is 3.57. The molecule has 0 saturated carbocycles. The van der Waals surface area contributed by atoms with E-state index < -0.39 is 18.8 Å². The molecule has 0 aromatic heterocycles. The molecule has 1 aromatic rings. The molecule has 1 aromatic carbocycles. The highest BCUT2D eigenvalue weighted by Crippen LogP contribution is 2.34. The summed E-state index contributed by atoms with van der Waals surface area (Å²) >= 11 is 8.65. The average molecular weight is 289 g/mol. The summed E-state index contributed by atoms with van der Waals surface area (Å²) in [6, 6.07) is 2.45. The lowest BCUT2D eigenvalue weighted by Crippen LogP contribution is -2.08. The van der Waals surface area contributed by atoms with E-state index >= 15 is 0 Å². The predicted molar refractivity (Wildman–Crippen MR) is 50.6 cm³/mol. The summed E-state index contributed by atoms with van der Waals surface area (Å²) in [7, 11) is 0. The number of ether oxygens (including phenoxy) is 1. The fraction of sp³-hybridized carbons (Fsp3) is 0.250. The van der Waals surface area contributed by atoms with Gasteiger partial charge in [0.2, 0.25) is 0 Å². The molecule has 0 radical (unpaired) electrons. The maximum Gasteiger partial charge on any atom is 0.272 e. The maximum absolute atomic E-state index is 13.0. The minimum Gasteiger partial charge on any atom is -0.483 e. The number of hydrogen-bond acceptors (Lipinski definition) is 1. The third kappa shape index (κ3) is 2.78. The van der Waals surface area contributed by atoms with Gasteiger partial charge >= 0.3 is 0 Å². The number of alkyl halides is 2. The van der Waals surface area contributed by atoms with Gasteiger partial charge in [0.05, 0.1) is 5.02 Å². The zero-order valence-electron chi connectivity index (χ0n) is 6.74. The Bertz CT molecular complexity index is 333. The third-order valence-electron chi connectivity index (χ3n) is 1.36. The molecule has 0 aliphatic rings. The van der Waals surface area contributed by atoms with E-state index in [4.69, 9.17) is 11.6 Å². The van der Waals surface area contributed by atoms with Crippen LogP contribution in [0.25, 0.3) is 0 Å². The van der Waals surface area contributed by atoms with Crippen molar-refractivity contribution in [2.24, 2.45) is 0 Å². The molecule has 0 spiro atoms. The summed E-state index contributed by atoms with van der Waals surface area (Å²) in [5, 5.41) is -0.0503. The fourth-order valence-corrected chi connectivity index (χ4v) is 1.31. The van der Waals surface area contributed by atoms with Gasteiger partial charge in [-0.2, -0.15) is 0 Å². The van der Waals surface area contributed by atoms with E-state index in [-0.39, 0.29) is 10.8 Å². The first-order chi connectivity index (χ1) is 6.52. The molecule has 0 bridgehead atoms. The van der Waals surface area contributed by atoms with Crippen LogP contribution in [0, 0.1) is 5.82 Å².